The SMILES string of the molecule is COC(=O)c1nc(-c2ccc3c(c2C)OC(F)(F)O3)cc(N)c1Cl. The summed E-state index contributed by atoms with van der Waals surface area (Å²) < 4.78 is 40.0. The first-order chi connectivity index (χ1) is 11.2. The summed E-state index contributed by atoms with van der Waals surface area (Å²) in [4.78, 5) is 15.9. The molecular formula is C15H11ClF2N2O4. The summed E-state index contributed by atoms with van der Waals surface area (Å²) >= 11 is 5.97. The number of nitrogens with two attached hydrogens (primary N) is 1. The number of methoxy groups -OCH3 is 1. The van der Waals surface area contributed by atoms with E-state index in [-0.39, 0.29) is 33.6 Å². The molecule has 2 heterocycles. The number of alkyl halides is 2. The number of fused-ring (bicyclic) bond motifs is 1. The summed E-state index contributed by atoms with van der Waals surface area (Å²) in [6.07, 6.45) is -3.73. The summed E-state index contributed by atoms with van der Waals surface area (Å²) in [5.41, 5.74) is 6.78. The van der Waals surface area contributed by atoms with Gasteiger partial charge in [-0.05, 0) is 25.1 Å². The average molecular weight is 357 g/mol. The lowest BCUT2D eigenvalue weighted by Crippen LogP contribution is -2.26. The smallest absolute Gasteiger partial charge is 0.464 e. The van der Waals surface area contributed by atoms with Crippen LogP contribution in [0, 0.1) is 6.92 Å². The molecule has 0 unspecified atom stereocenters. The highest BCUT2D eigenvalue weighted by Gasteiger charge is 2.44. The molecule has 0 amide bonds. The Hall–Kier alpha value is -2.61. The highest BCUT2D eigenvalue weighted by molar-refractivity contribution is 6.35. The van der Waals surface area contributed by atoms with Gasteiger partial charge in [0.1, 0.15) is 0 Å². The molecule has 6 nitrogen and oxygen atoms in total. The summed E-state index contributed by atoms with van der Waals surface area (Å²) in [6, 6.07) is 4.26. The second kappa shape index (κ2) is 5.48. The predicted octanol–water partition coefficient (Wildman–Crippen LogP) is 3.40. The first-order valence-corrected chi connectivity index (χ1v) is 7.05. The Kier molecular flexibility index (Phi) is 3.71. The molecule has 0 saturated heterocycles. The van der Waals surface area contributed by atoms with E-state index in [0.29, 0.717) is 11.1 Å². The van der Waals surface area contributed by atoms with Gasteiger partial charge < -0.3 is 19.9 Å². The number of ether oxygens (including phenoxy) is 3. The first kappa shape index (κ1) is 16.3. The van der Waals surface area contributed by atoms with Crippen LogP contribution in [0.5, 0.6) is 11.5 Å². The summed E-state index contributed by atoms with van der Waals surface area (Å²) in [7, 11) is 1.18. The molecule has 0 fully saturated rings. The fraction of sp³-hybridized carbons (Fsp3) is 0.200. The van der Waals surface area contributed by atoms with Crippen LogP contribution in [0.3, 0.4) is 0 Å². The van der Waals surface area contributed by atoms with E-state index in [0.717, 1.165) is 0 Å². The van der Waals surface area contributed by atoms with Gasteiger partial charge in [0.25, 0.3) is 0 Å². The molecule has 0 aliphatic carbocycles. The van der Waals surface area contributed by atoms with Crippen LogP contribution in [0.1, 0.15) is 16.1 Å². The molecule has 0 spiro atoms. The minimum absolute atomic E-state index is 0.0458. The Labute approximate surface area is 140 Å². The zero-order chi connectivity index (χ0) is 17.6. The van der Waals surface area contributed by atoms with E-state index >= 15 is 0 Å². The van der Waals surface area contributed by atoms with E-state index in [1.54, 1.807) is 6.92 Å². The first-order valence-electron chi connectivity index (χ1n) is 6.67. The number of esters is 1. The van der Waals surface area contributed by atoms with Gasteiger partial charge in [-0.25, -0.2) is 9.78 Å². The number of nitrogen functional groups attached to an aromatic ring is 1. The molecule has 1 aromatic carbocycles. The maximum absolute atomic E-state index is 13.2. The van der Waals surface area contributed by atoms with E-state index < -0.39 is 12.3 Å². The quantitative estimate of drug-likeness (QED) is 0.830. The van der Waals surface area contributed by atoms with Gasteiger partial charge in [-0.2, -0.15) is 0 Å². The van der Waals surface area contributed by atoms with Crippen LogP contribution in [-0.4, -0.2) is 24.4 Å². The number of hydrogen-bond acceptors (Lipinski definition) is 6. The fourth-order valence-corrected chi connectivity index (χ4v) is 2.51. The maximum Gasteiger partial charge on any atom is 0.586 e. The van der Waals surface area contributed by atoms with Crippen molar-refractivity contribution in [3.05, 3.63) is 34.5 Å². The molecule has 126 valence electrons. The number of pyridine rings is 1. The van der Waals surface area contributed by atoms with Gasteiger partial charge in [0, 0.05) is 11.1 Å². The number of carbonyl (C=O) groups excluding carboxylic acids is 1. The molecule has 0 bridgehead atoms. The van der Waals surface area contributed by atoms with Crippen molar-refractivity contribution in [2.75, 3.05) is 12.8 Å². The summed E-state index contributed by atoms with van der Waals surface area (Å²) in [5.74, 6) is -0.956. The van der Waals surface area contributed by atoms with Crippen molar-refractivity contribution in [3.8, 4) is 22.8 Å². The van der Waals surface area contributed by atoms with Gasteiger partial charge in [-0.3, -0.25) is 0 Å². The number of nitrogens with zero attached hydrogens (tertiary/aromatic N) is 1. The number of aromatic nitrogens is 1. The highest BCUT2D eigenvalue weighted by Crippen LogP contribution is 2.46. The van der Waals surface area contributed by atoms with Crippen LogP contribution in [-0.2, 0) is 4.74 Å². The number of halogens is 3. The van der Waals surface area contributed by atoms with E-state index in [2.05, 4.69) is 19.2 Å². The summed E-state index contributed by atoms with van der Waals surface area (Å²) in [5, 5.41) is -0.0458. The van der Waals surface area contributed by atoms with Crippen molar-refractivity contribution in [1.29, 1.82) is 0 Å². The van der Waals surface area contributed by atoms with Gasteiger partial charge in [0.05, 0.1) is 23.5 Å². The van der Waals surface area contributed by atoms with Gasteiger partial charge in [-0.1, -0.05) is 11.6 Å². The van der Waals surface area contributed by atoms with Crippen molar-refractivity contribution >= 4 is 23.3 Å². The molecule has 3 rings (SSSR count). The standard InChI is InChI=1S/C15H11ClF2N2O4/c1-6-7(3-4-10-13(6)24-15(17,18)23-10)9-5-8(19)11(16)12(20-9)14(21)22-2/h3-5H,1-2H3,(H2,19,20). The topological polar surface area (TPSA) is 83.7 Å². The Bertz CT molecular complexity index is 858. The Morgan fingerprint density at radius 2 is 2.08 bits per heavy atom. The molecule has 1 aromatic heterocycles. The lowest BCUT2D eigenvalue weighted by Gasteiger charge is -2.11. The van der Waals surface area contributed by atoms with E-state index in [1.165, 1.54) is 25.3 Å². The molecule has 24 heavy (non-hydrogen) atoms. The minimum atomic E-state index is -3.73. The van der Waals surface area contributed by atoms with Gasteiger partial charge in [0.2, 0.25) is 0 Å². The zero-order valence-corrected chi connectivity index (χ0v) is 13.3. The zero-order valence-electron chi connectivity index (χ0n) is 12.5. The largest absolute Gasteiger partial charge is 0.586 e. The Morgan fingerprint density at radius 1 is 1.38 bits per heavy atom. The van der Waals surface area contributed by atoms with Crippen LogP contribution < -0.4 is 15.2 Å². The third kappa shape index (κ3) is 2.58. The van der Waals surface area contributed by atoms with E-state index in [4.69, 9.17) is 17.3 Å². The monoisotopic (exact) mass is 356 g/mol. The van der Waals surface area contributed by atoms with Crippen molar-refractivity contribution < 1.29 is 27.8 Å². The second-order valence-electron chi connectivity index (χ2n) is 4.98. The normalized spacial score (nSPS) is 14.5. The molecule has 2 N–H and O–H groups in total. The lowest BCUT2D eigenvalue weighted by atomic mass is 10.0. The lowest BCUT2D eigenvalue weighted by molar-refractivity contribution is -0.286. The molecule has 1 aliphatic rings. The van der Waals surface area contributed by atoms with Gasteiger partial charge in [-0.15, -0.1) is 8.78 Å². The summed E-state index contributed by atoms with van der Waals surface area (Å²) in [6.45, 7) is 1.56. The fourth-order valence-electron chi connectivity index (χ4n) is 2.34. The van der Waals surface area contributed by atoms with Crippen molar-refractivity contribution in [1.82, 2.24) is 4.98 Å². The Morgan fingerprint density at radius 3 is 2.75 bits per heavy atom. The van der Waals surface area contributed by atoms with E-state index in [9.17, 15) is 13.6 Å². The number of benzene rings is 1. The molecular weight excluding hydrogens is 346 g/mol. The average Bonchev–Trinajstić information content (AvgIpc) is 2.85. The maximum atomic E-state index is 13.2. The van der Waals surface area contributed by atoms with Crippen LogP contribution in [0.2, 0.25) is 5.02 Å². The number of anilines is 1. The third-order valence-electron chi connectivity index (χ3n) is 3.46. The van der Waals surface area contributed by atoms with Crippen molar-refractivity contribution in [2.45, 2.75) is 13.2 Å². The number of hydrogen-bond donors (Lipinski definition) is 1. The predicted molar refractivity (Wildman–Crippen MR) is 81.4 cm³/mol. The highest BCUT2D eigenvalue weighted by atomic mass is 35.5. The molecule has 0 saturated carbocycles. The van der Waals surface area contributed by atoms with Crippen LogP contribution in [0.4, 0.5) is 14.5 Å². The van der Waals surface area contributed by atoms with Crippen molar-refractivity contribution in [3.63, 3.8) is 0 Å². The minimum Gasteiger partial charge on any atom is -0.464 e. The van der Waals surface area contributed by atoms with Crippen LogP contribution >= 0.6 is 11.6 Å². The van der Waals surface area contributed by atoms with Gasteiger partial charge in [0.15, 0.2) is 17.2 Å². The molecule has 1 aliphatic heterocycles. The van der Waals surface area contributed by atoms with Gasteiger partial charge >= 0.3 is 12.3 Å². The number of rotatable bonds is 2. The van der Waals surface area contributed by atoms with E-state index in [1.807, 2.05) is 0 Å². The van der Waals surface area contributed by atoms with Crippen molar-refractivity contribution in [2.24, 2.45) is 0 Å². The Balaban J connectivity index is 2.15. The molecule has 9 heteroatoms. The number of carbonyl (C=O) groups is 1. The van der Waals surface area contributed by atoms with Crippen LogP contribution in [0.25, 0.3) is 11.3 Å². The van der Waals surface area contributed by atoms with Crippen LogP contribution in [0.15, 0.2) is 18.2 Å². The third-order valence-corrected chi connectivity index (χ3v) is 3.86. The molecule has 2 aromatic rings. The second-order valence-corrected chi connectivity index (χ2v) is 5.36. The molecule has 0 radical (unpaired) electrons. The molecule has 0 atom stereocenters.